The van der Waals surface area contributed by atoms with Gasteiger partial charge in [0.2, 0.25) is 0 Å². The van der Waals surface area contributed by atoms with Crippen LogP contribution in [0.4, 0.5) is 0 Å². The third kappa shape index (κ3) is 2.74. The second kappa shape index (κ2) is 3.89. The summed E-state index contributed by atoms with van der Waals surface area (Å²) >= 11 is 0. The molecule has 0 aliphatic rings. The van der Waals surface area contributed by atoms with E-state index in [9.17, 15) is 4.79 Å². The fourth-order valence-electron chi connectivity index (χ4n) is 0.897. The summed E-state index contributed by atoms with van der Waals surface area (Å²) in [5, 5.41) is 11.7. The molecule has 0 atom stereocenters. The third-order valence-electron chi connectivity index (χ3n) is 1.41. The number of nitrogens with zero attached hydrogens (tertiary/aromatic N) is 1. The number of nitrogens with one attached hydrogen (secondary N) is 1. The number of carbonyl (C=O) groups excluding carboxylic acids is 1. The van der Waals surface area contributed by atoms with Gasteiger partial charge in [-0.05, 0) is 19.9 Å². The normalized spacial score (nSPS) is 10.1. The van der Waals surface area contributed by atoms with Crippen molar-refractivity contribution in [3.05, 3.63) is 24.0 Å². The third-order valence-corrected chi connectivity index (χ3v) is 1.41. The van der Waals surface area contributed by atoms with E-state index in [1.807, 2.05) is 13.8 Å². The molecule has 1 aromatic heterocycles. The predicted octanol–water partition coefficient (Wildman–Crippen LogP) is 0.925. The van der Waals surface area contributed by atoms with Gasteiger partial charge in [-0.1, -0.05) is 0 Å². The Morgan fingerprint density at radius 3 is 2.77 bits per heavy atom. The number of rotatable bonds is 2. The van der Waals surface area contributed by atoms with Crippen LogP contribution in [0.2, 0.25) is 0 Å². The summed E-state index contributed by atoms with van der Waals surface area (Å²) < 4.78 is 0. The van der Waals surface area contributed by atoms with Gasteiger partial charge in [0.25, 0.3) is 5.91 Å². The van der Waals surface area contributed by atoms with Gasteiger partial charge in [-0.25, -0.2) is 0 Å². The lowest BCUT2D eigenvalue weighted by molar-refractivity contribution is 0.0942. The Kier molecular flexibility index (Phi) is 2.84. The van der Waals surface area contributed by atoms with Gasteiger partial charge < -0.3 is 10.4 Å². The van der Waals surface area contributed by atoms with Gasteiger partial charge in [0.1, 0.15) is 5.75 Å². The zero-order valence-electron chi connectivity index (χ0n) is 7.61. The Labute approximate surface area is 76.6 Å². The standard InChI is InChI=1S/C9H12N2O2/c1-6(2)11-9(13)7-3-8(12)5-10-4-7/h3-6,12H,1-2H3,(H,11,13). The van der Waals surface area contributed by atoms with E-state index >= 15 is 0 Å². The lowest BCUT2D eigenvalue weighted by Gasteiger charge is -2.07. The summed E-state index contributed by atoms with van der Waals surface area (Å²) in [6, 6.07) is 1.46. The van der Waals surface area contributed by atoms with Gasteiger partial charge in [0, 0.05) is 12.2 Å². The number of aromatic nitrogens is 1. The fraction of sp³-hybridized carbons (Fsp3) is 0.333. The number of amides is 1. The summed E-state index contributed by atoms with van der Waals surface area (Å²) in [6.07, 6.45) is 2.70. The number of pyridine rings is 1. The van der Waals surface area contributed by atoms with E-state index in [0.717, 1.165) is 0 Å². The van der Waals surface area contributed by atoms with Crippen LogP contribution in [-0.2, 0) is 0 Å². The van der Waals surface area contributed by atoms with Gasteiger partial charge in [-0.2, -0.15) is 0 Å². The summed E-state index contributed by atoms with van der Waals surface area (Å²) in [4.78, 5) is 15.0. The minimum absolute atomic E-state index is 0.00333. The Balaban J connectivity index is 2.77. The van der Waals surface area contributed by atoms with E-state index in [4.69, 9.17) is 5.11 Å². The zero-order valence-corrected chi connectivity index (χ0v) is 7.61. The predicted molar refractivity (Wildman–Crippen MR) is 48.5 cm³/mol. The van der Waals surface area contributed by atoms with Crippen molar-refractivity contribution in [2.75, 3.05) is 0 Å². The van der Waals surface area contributed by atoms with Gasteiger partial charge in [-0.3, -0.25) is 9.78 Å². The van der Waals surface area contributed by atoms with E-state index in [1.54, 1.807) is 0 Å². The molecule has 1 rings (SSSR count). The topological polar surface area (TPSA) is 62.2 Å². The molecule has 0 fully saturated rings. The van der Waals surface area contributed by atoms with Gasteiger partial charge in [-0.15, -0.1) is 0 Å². The number of aromatic hydroxyl groups is 1. The van der Waals surface area contributed by atoms with Crippen molar-refractivity contribution < 1.29 is 9.90 Å². The van der Waals surface area contributed by atoms with Crippen LogP contribution in [-0.4, -0.2) is 22.0 Å². The molecule has 70 valence electrons. The van der Waals surface area contributed by atoms with Crippen molar-refractivity contribution in [1.29, 1.82) is 0 Å². The molecule has 0 unspecified atom stereocenters. The molecule has 13 heavy (non-hydrogen) atoms. The van der Waals surface area contributed by atoms with E-state index in [2.05, 4.69) is 10.3 Å². The molecule has 4 nitrogen and oxygen atoms in total. The second-order valence-electron chi connectivity index (χ2n) is 3.06. The van der Waals surface area contributed by atoms with E-state index in [-0.39, 0.29) is 17.7 Å². The second-order valence-corrected chi connectivity index (χ2v) is 3.06. The molecule has 1 aromatic rings. The smallest absolute Gasteiger partial charge is 0.253 e. The van der Waals surface area contributed by atoms with Crippen LogP contribution in [0.1, 0.15) is 24.2 Å². The minimum Gasteiger partial charge on any atom is -0.506 e. The molecule has 0 saturated carbocycles. The Morgan fingerprint density at radius 2 is 2.23 bits per heavy atom. The highest BCUT2D eigenvalue weighted by Crippen LogP contribution is 2.08. The van der Waals surface area contributed by atoms with Crippen LogP contribution in [0.3, 0.4) is 0 Å². The highest BCUT2D eigenvalue weighted by molar-refractivity contribution is 5.94. The van der Waals surface area contributed by atoms with E-state index < -0.39 is 0 Å². The number of carbonyl (C=O) groups is 1. The molecule has 0 spiro atoms. The summed E-state index contributed by atoms with van der Waals surface area (Å²) in [6.45, 7) is 3.74. The summed E-state index contributed by atoms with van der Waals surface area (Å²) in [5.74, 6) is -0.227. The molecule has 0 saturated heterocycles. The maximum absolute atomic E-state index is 11.3. The van der Waals surface area contributed by atoms with Crippen LogP contribution in [0, 0.1) is 0 Å². The van der Waals surface area contributed by atoms with Gasteiger partial charge in [0.15, 0.2) is 0 Å². The maximum atomic E-state index is 11.3. The first-order chi connectivity index (χ1) is 6.09. The van der Waals surface area contributed by atoms with Crippen molar-refractivity contribution in [3.63, 3.8) is 0 Å². The highest BCUT2D eigenvalue weighted by atomic mass is 16.3. The summed E-state index contributed by atoms with van der Waals surface area (Å²) in [7, 11) is 0. The van der Waals surface area contributed by atoms with E-state index in [1.165, 1.54) is 18.5 Å². The molecule has 0 aliphatic heterocycles. The quantitative estimate of drug-likeness (QED) is 0.711. The Morgan fingerprint density at radius 1 is 1.54 bits per heavy atom. The first kappa shape index (κ1) is 9.51. The largest absolute Gasteiger partial charge is 0.506 e. The monoisotopic (exact) mass is 180 g/mol. The molecule has 4 heteroatoms. The van der Waals surface area contributed by atoms with Crippen molar-refractivity contribution in [3.8, 4) is 5.75 Å². The van der Waals surface area contributed by atoms with Crippen LogP contribution >= 0.6 is 0 Å². The molecule has 1 amide bonds. The zero-order chi connectivity index (χ0) is 9.84. The van der Waals surface area contributed by atoms with Crippen LogP contribution in [0.5, 0.6) is 5.75 Å². The van der Waals surface area contributed by atoms with Gasteiger partial charge in [0.05, 0.1) is 11.8 Å². The first-order valence-electron chi connectivity index (χ1n) is 4.04. The van der Waals surface area contributed by atoms with Crippen LogP contribution < -0.4 is 5.32 Å². The molecule has 1 heterocycles. The van der Waals surface area contributed by atoms with Crippen molar-refractivity contribution in [2.24, 2.45) is 0 Å². The average Bonchev–Trinajstić information content (AvgIpc) is 2.03. The average molecular weight is 180 g/mol. The molecular weight excluding hydrogens is 168 g/mol. The number of hydrogen-bond donors (Lipinski definition) is 2. The molecule has 0 aromatic carbocycles. The Hall–Kier alpha value is -1.58. The molecule has 0 radical (unpaired) electrons. The van der Waals surface area contributed by atoms with Crippen LogP contribution in [0.15, 0.2) is 18.5 Å². The van der Waals surface area contributed by atoms with Crippen molar-refractivity contribution in [1.82, 2.24) is 10.3 Å². The lowest BCUT2D eigenvalue weighted by Crippen LogP contribution is -2.30. The van der Waals surface area contributed by atoms with Crippen molar-refractivity contribution >= 4 is 5.91 Å². The highest BCUT2D eigenvalue weighted by Gasteiger charge is 2.07. The Bertz CT molecular complexity index is 310. The van der Waals surface area contributed by atoms with Crippen molar-refractivity contribution in [2.45, 2.75) is 19.9 Å². The van der Waals surface area contributed by atoms with E-state index in [0.29, 0.717) is 5.56 Å². The first-order valence-corrected chi connectivity index (χ1v) is 4.04. The number of hydrogen-bond acceptors (Lipinski definition) is 3. The molecular formula is C9H12N2O2. The fourth-order valence-corrected chi connectivity index (χ4v) is 0.897. The van der Waals surface area contributed by atoms with Gasteiger partial charge >= 0.3 is 0 Å². The summed E-state index contributed by atoms with van der Waals surface area (Å²) in [5.41, 5.74) is 0.369. The SMILES string of the molecule is CC(C)NC(=O)c1cncc(O)c1. The molecule has 0 aliphatic carbocycles. The lowest BCUT2D eigenvalue weighted by atomic mass is 10.2. The molecule has 2 N–H and O–H groups in total. The minimum atomic E-state index is -0.224. The van der Waals surface area contributed by atoms with Crippen LogP contribution in [0.25, 0.3) is 0 Å². The maximum Gasteiger partial charge on any atom is 0.253 e. The molecule has 0 bridgehead atoms.